The number of rotatable bonds is 9. The second-order valence-electron chi connectivity index (χ2n) is 11.8. The summed E-state index contributed by atoms with van der Waals surface area (Å²) >= 11 is 0. The van der Waals surface area contributed by atoms with E-state index in [-0.39, 0.29) is 17.2 Å². The average molecular weight is 592 g/mol. The number of nitrogens with one attached hydrogen (secondary N) is 1. The third kappa shape index (κ3) is 6.86. The molecule has 2 heterocycles. The largest absolute Gasteiger partial charge is 0.485 e. The number of aliphatic hydroxyl groups excluding tert-OH is 1. The van der Waals surface area contributed by atoms with Crippen LogP contribution in [0.15, 0.2) is 77.7 Å². The lowest BCUT2D eigenvalue weighted by Crippen LogP contribution is -2.53. The van der Waals surface area contributed by atoms with Gasteiger partial charge in [0.15, 0.2) is 0 Å². The number of carbonyl (C=O) groups excluding carboxylic acids is 1. The van der Waals surface area contributed by atoms with Gasteiger partial charge in [0.2, 0.25) is 15.9 Å². The fourth-order valence-electron chi connectivity index (χ4n) is 5.73. The van der Waals surface area contributed by atoms with Crippen LogP contribution in [0, 0.1) is 0 Å². The Balaban J connectivity index is 1.29. The molecular weight excluding hydrogens is 550 g/mol. The highest BCUT2D eigenvalue weighted by Gasteiger charge is 2.44. The van der Waals surface area contributed by atoms with Gasteiger partial charge < -0.3 is 14.7 Å². The number of aliphatic hydroxyl groups is 1. The Morgan fingerprint density at radius 3 is 2.29 bits per heavy atom. The highest BCUT2D eigenvalue weighted by molar-refractivity contribution is 7.89. The van der Waals surface area contributed by atoms with Crippen molar-refractivity contribution in [2.45, 2.75) is 69.2 Å². The minimum Gasteiger partial charge on any atom is -0.485 e. The van der Waals surface area contributed by atoms with Crippen molar-refractivity contribution in [1.29, 1.82) is 0 Å². The van der Waals surface area contributed by atoms with Crippen molar-refractivity contribution in [2.75, 3.05) is 26.2 Å². The number of carbonyl (C=O) groups is 1. The molecule has 0 saturated carbocycles. The quantitative estimate of drug-likeness (QED) is 0.389. The van der Waals surface area contributed by atoms with E-state index in [0.717, 1.165) is 43.6 Å². The van der Waals surface area contributed by atoms with Crippen LogP contribution in [-0.4, -0.2) is 67.1 Å². The summed E-state index contributed by atoms with van der Waals surface area (Å²) in [7, 11) is -3.94. The van der Waals surface area contributed by atoms with Gasteiger partial charge in [-0.2, -0.15) is 0 Å². The normalized spacial score (nSPS) is 20.5. The standard InChI is InChI=1S/C33H41N3O5S/c1-4-8-24-11-14-27(15-12-24)42(39,40)34-31-28-21-26(13-16-29(28)41-33(2,3)32(31)38)22-30(37)36-19-17-35(18-20-36)23-25-9-6-5-7-10-25/h5-7,9-16,21,31-32,34,38H,4,8,17-20,22-23H2,1-3H3/t31-,32+/m1/s1. The minimum atomic E-state index is -3.94. The summed E-state index contributed by atoms with van der Waals surface area (Å²) in [4.78, 5) is 17.6. The van der Waals surface area contributed by atoms with E-state index in [4.69, 9.17) is 4.74 Å². The molecule has 1 fully saturated rings. The number of sulfonamides is 1. The highest BCUT2D eigenvalue weighted by atomic mass is 32.2. The molecule has 0 aromatic heterocycles. The molecule has 0 spiro atoms. The van der Waals surface area contributed by atoms with E-state index in [2.05, 4.69) is 28.7 Å². The number of amides is 1. The molecule has 2 aliphatic rings. The smallest absolute Gasteiger partial charge is 0.241 e. The van der Waals surface area contributed by atoms with Gasteiger partial charge in [-0.05, 0) is 61.2 Å². The summed E-state index contributed by atoms with van der Waals surface area (Å²) in [5.41, 5.74) is 2.57. The first-order valence-corrected chi connectivity index (χ1v) is 16.2. The lowest BCUT2D eigenvalue weighted by Gasteiger charge is -2.42. The molecule has 224 valence electrons. The van der Waals surface area contributed by atoms with Crippen molar-refractivity contribution < 1.29 is 23.1 Å². The lowest BCUT2D eigenvalue weighted by atomic mass is 9.86. The van der Waals surface area contributed by atoms with Gasteiger partial charge in [0.1, 0.15) is 17.5 Å². The maximum absolute atomic E-state index is 13.4. The maximum atomic E-state index is 13.4. The molecule has 3 aromatic rings. The Bertz CT molecular complexity index is 1480. The molecule has 2 aliphatic heterocycles. The summed E-state index contributed by atoms with van der Waals surface area (Å²) < 4.78 is 35.6. The molecule has 2 N–H and O–H groups in total. The molecule has 0 radical (unpaired) electrons. The van der Waals surface area contributed by atoms with Crippen molar-refractivity contribution in [3.8, 4) is 5.75 Å². The number of hydrogen-bond donors (Lipinski definition) is 2. The number of piperazine rings is 1. The van der Waals surface area contributed by atoms with Crippen LogP contribution in [0.4, 0.5) is 0 Å². The Hall–Kier alpha value is -3.24. The van der Waals surface area contributed by atoms with E-state index in [1.54, 1.807) is 38.1 Å². The fraction of sp³-hybridized carbons (Fsp3) is 0.424. The van der Waals surface area contributed by atoms with Crippen LogP contribution in [-0.2, 0) is 34.2 Å². The van der Waals surface area contributed by atoms with E-state index in [1.165, 1.54) is 5.56 Å². The molecule has 5 rings (SSSR count). The molecule has 1 saturated heterocycles. The van der Waals surface area contributed by atoms with Crippen molar-refractivity contribution in [3.05, 3.63) is 95.1 Å². The van der Waals surface area contributed by atoms with Crippen molar-refractivity contribution in [2.24, 2.45) is 0 Å². The van der Waals surface area contributed by atoms with Crippen LogP contribution in [0.5, 0.6) is 5.75 Å². The van der Waals surface area contributed by atoms with Crippen molar-refractivity contribution >= 4 is 15.9 Å². The monoisotopic (exact) mass is 591 g/mol. The second kappa shape index (κ2) is 12.6. The number of nitrogens with zero attached hydrogens (tertiary/aromatic N) is 2. The molecule has 0 aliphatic carbocycles. The summed E-state index contributed by atoms with van der Waals surface area (Å²) in [6.07, 6.45) is 0.880. The molecule has 8 nitrogen and oxygen atoms in total. The molecule has 2 atom stereocenters. The zero-order chi connectivity index (χ0) is 29.9. The van der Waals surface area contributed by atoms with Crippen LogP contribution in [0.25, 0.3) is 0 Å². The number of benzene rings is 3. The van der Waals surface area contributed by atoms with E-state index < -0.39 is 27.8 Å². The van der Waals surface area contributed by atoms with Gasteiger partial charge in [0.25, 0.3) is 0 Å². The predicted octanol–water partition coefficient (Wildman–Crippen LogP) is 4.08. The van der Waals surface area contributed by atoms with Crippen LogP contribution >= 0.6 is 0 Å². The highest BCUT2D eigenvalue weighted by Crippen LogP contribution is 2.41. The summed E-state index contributed by atoms with van der Waals surface area (Å²) in [5.74, 6) is 0.512. The third-order valence-corrected chi connectivity index (χ3v) is 9.65. The summed E-state index contributed by atoms with van der Waals surface area (Å²) in [6, 6.07) is 21.6. The molecular formula is C33H41N3O5S. The zero-order valence-corrected chi connectivity index (χ0v) is 25.4. The van der Waals surface area contributed by atoms with E-state index in [1.807, 2.05) is 41.3 Å². The number of hydrogen-bond acceptors (Lipinski definition) is 6. The Morgan fingerprint density at radius 2 is 1.62 bits per heavy atom. The molecule has 0 bridgehead atoms. The Labute approximate surface area is 249 Å². The third-order valence-electron chi connectivity index (χ3n) is 8.19. The van der Waals surface area contributed by atoms with Gasteiger partial charge in [-0.1, -0.05) is 61.9 Å². The van der Waals surface area contributed by atoms with Gasteiger partial charge in [0.05, 0.1) is 17.4 Å². The van der Waals surface area contributed by atoms with Gasteiger partial charge in [0, 0.05) is 38.3 Å². The Morgan fingerprint density at radius 1 is 0.952 bits per heavy atom. The number of aryl methyl sites for hydroxylation is 1. The first kappa shape index (κ1) is 30.2. The topological polar surface area (TPSA) is 99.2 Å². The summed E-state index contributed by atoms with van der Waals surface area (Å²) in [6.45, 7) is 9.34. The Kier molecular flexibility index (Phi) is 9.03. The van der Waals surface area contributed by atoms with Crippen molar-refractivity contribution in [1.82, 2.24) is 14.5 Å². The zero-order valence-electron chi connectivity index (χ0n) is 24.6. The lowest BCUT2D eigenvalue weighted by molar-refractivity contribution is -0.132. The molecule has 1 amide bonds. The van der Waals surface area contributed by atoms with Crippen LogP contribution in [0.2, 0.25) is 0 Å². The first-order chi connectivity index (χ1) is 20.1. The fourth-order valence-corrected chi connectivity index (χ4v) is 6.95. The van der Waals surface area contributed by atoms with E-state index in [9.17, 15) is 18.3 Å². The summed E-state index contributed by atoms with van der Waals surface area (Å²) in [5, 5.41) is 11.2. The van der Waals surface area contributed by atoms with Crippen LogP contribution < -0.4 is 9.46 Å². The first-order valence-electron chi connectivity index (χ1n) is 14.7. The maximum Gasteiger partial charge on any atom is 0.241 e. The van der Waals surface area contributed by atoms with Gasteiger partial charge in [-0.3, -0.25) is 9.69 Å². The van der Waals surface area contributed by atoms with Gasteiger partial charge >= 0.3 is 0 Å². The minimum absolute atomic E-state index is 0.0243. The SMILES string of the molecule is CCCc1ccc(S(=O)(=O)N[C@@H]2c3cc(CC(=O)N4CCN(Cc5ccccc5)CC4)ccc3OC(C)(C)[C@H]2O)cc1. The van der Waals surface area contributed by atoms with Crippen LogP contribution in [0.1, 0.15) is 55.5 Å². The molecule has 0 unspecified atom stereocenters. The number of fused-ring (bicyclic) bond motifs is 1. The molecule has 42 heavy (non-hydrogen) atoms. The molecule has 3 aromatic carbocycles. The molecule has 9 heteroatoms. The van der Waals surface area contributed by atoms with E-state index >= 15 is 0 Å². The van der Waals surface area contributed by atoms with Crippen molar-refractivity contribution in [3.63, 3.8) is 0 Å². The van der Waals surface area contributed by atoms with Crippen LogP contribution in [0.3, 0.4) is 0 Å². The number of ether oxygens (including phenoxy) is 1. The average Bonchev–Trinajstić information content (AvgIpc) is 2.97. The van der Waals surface area contributed by atoms with E-state index in [0.29, 0.717) is 24.4 Å². The second-order valence-corrected chi connectivity index (χ2v) is 13.5. The van der Waals surface area contributed by atoms with Gasteiger partial charge in [-0.15, -0.1) is 0 Å². The predicted molar refractivity (Wildman–Crippen MR) is 163 cm³/mol. The van der Waals surface area contributed by atoms with Gasteiger partial charge in [-0.25, -0.2) is 13.1 Å².